The first-order chi connectivity index (χ1) is 6.95. The topological polar surface area (TPSA) is 69.2 Å². The Hall–Kier alpha value is -0.672. The number of ether oxygens (including phenoxy) is 1. The molecule has 0 aliphatic rings. The Bertz CT molecular complexity index is 266. The van der Waals surface area contributed by atoms with Crippen LogP contribution in [0, 0.1) is 0 Å². The van der Waals surface area contributed by atoms with E-state index in [0.717, 1.165) is 0 Å². The number of hydrogen-bond acceptors (Lipinski definition) is 4. The third-order valence-electron chi connectivity index (χ3n) is 1.50. The molecule has 0 atom stereocenters. The van der Waals surface area contributed by atoms with Gasteiger partial charge in [-0.25, -0.2) is 0 Å². The van der Waals surface area contributed by atoms with E-state index in [4.69, 9.17) is 10.3 Å². The molecule has 0 aromatic rings. The number of nitrogens with zero attached hydrogens (tertiary/aromatic N) is 4. The molecule has 0 N–H and O–H groups in total. The average Bonchev–Trinajstić information content (AvgIpc) is 2.12. The van der Waals surface area contributed by atoms with Crippen molar-refractivity contribution >= 4 is 25.6 Å². The number of hydrogen-bond donors (Lipinski definition) is 0. The van der Waals surface area contributed by atoms with Crippen LogP contribution >= 0.6 is 0 Å². The molecule has 0 heterocycles. The van der Waals surface area contributed by atoms with Crippen molar-refractivity contribution in [2.45, 2.75) is 6.92 Å². The van der Waals surface area contributed by atoms with Crippen molar-refractivity contribution in [2.75, 3.05) is 34.8 Å². The zero-order valence-electron chi connectivity index (χ0n) is 9.76. The van der Waals surface area contributed by atoms with E-state index in [0.29, 0.717) is 0 Å². The Labute approximate surface area is 95.1 Å². The molecule has 0 aromatic carbocycles. The Morgan fingerprint density at radius 1 is 1.33 bits per heavy atom. The fourth-order valence-electron chi connectivity index (χ4n) is 1.09. The van der Waals surface area contributed by atoms with Crippen molar-refractivity contribution in [1.82, 2.24) is 7.63 Å². The van der Waals surface area contributed by atoms with Gasteiger partial charge < -0.3 is 0 Å². The van der Waals surface area contributed by atoms with Crippen molar-refractivity contribution in [1.29, 1.82) is 0 Å². The van der Waals surface area contributed by atoms with E-state index in [-0.39, 0.29) is 11.1 Å². The third-order valence-corrected chi connectivity index (χ3v) is 6.05. The fraction of sp³-hybridized carbons (Fsp3) is 0.750. The third kappa shape index (κ3) is 4.14. The van der Waals surface area contributed by atoms with Gasteiger partial charge in [0.25, 0.3) is 0 Å². The predicted octanol–water partition coefficient (Wildman–Crippen LogP) is -0.629. The van der Waals surface area contributed by atoms with Crippen LogP contribution in [0.4, 0.5) is 0 Å². The summed E-state index contributed by atoms with van der Waals surface area (Å²) in [6.07, 6.45) is 0. The molecule has 15 heavy (non-hydrogen) atoms. The van der Waals surface area contributed by atoms with Crippen LogP contribution in [-0.2, 0) is 9.53 Å². The molecular weight excluding hydrogens is 259 g/mol. The Balaban J connectivity index is 4.93. The first kappa shape index (κ1) is 14.3. The molecule has 0 amide bonds. The minimum atomic E-state index is -1.97. The monoisotopic (exact) mass is 276 g/mol. The second-order valence-electron chi connectivity index (χ2n) is 3.13. The van der Waals surface area contributed by atoms with Crippen LogP contribution in [-0.4, -0.2) is 72.8 Å². The molecule has 0 radical (unpaired) electrons. The maximum absolute atomic E-state index is 11.5. The Morgan fingerprint density at radius 2 is 1.80 bits per heavy atom. The summed E-state index contributed by atoms with van der Waals surface area (Å²) < 4.78 is 8.76. The molecule has 0 aromatic heterocycles. The SMILES string of the molecule is CCOC(=O)C(=[N+]=[N-])[As](N(C)C)N(C)C. The predicted molar refractivity (Wildman–Crippen MR) is 58.4 cm³/mol. The van der Waals surface area contributed by atoms with Gasteiger partial charge >= 0.3 is 94.8 Å². The van der Waals surface area contributed by atoms with Crippen LogP contribution in [0.3, 0.4) is 0 Å². The van der Waals surface area contributed by atoms with Crippen molar-refractivity contribution in [3.05, 3.63) is 5.53 Å². The van der Waals surface area contributed by atoms with E-state index in [2.05, 4.69) is 4.79 Å². The molecular formula is C8H17AsN4O2. The van der Waals surface area contributed by atoms with E-state index < -0.39 is 21.1 Å². The minimum absolute atomic E-state index is 0.124. The van der Waals surface area contributed by atoms with Crippen LogP contribution in [0.5, 0.6) is 0 Å². The van der Waals surface area contributed by atoms with Crippen molar-refractivity contribution in [3.63, 3.8) is 0 Å². The van der Waals surface area contributed by atoms with Gasteiger partial charge in [0.1, 0.15) is 0 Å². The molecule has 0 spiro atoms. The van der Waals surface area contributed by atoms with Crippen molar-refractivity contribution < 1.29 is 14.3 Å². The molecule has 0 bridgehead atoms. The molecule has 0 rings (SSSR count). The van der Waals surface area contributed by atoms with E-state index in [9.17, 15) is 4.79 Å². The summed E-state index contributed by atoms with van der Waals surface area (Å²) in [5, 5.41) is 0. The number of carbonyl (C=O) groups excluding carboxylic acids is 1. The van der Waals surface area contributed by atoms with E-state index in [1.807, 2.05) is 35.8 Å². The van der Waals surface area contributed by atoms with Gasteiger partial charge in [-0.2, -0.15) is 0 Å². The second-order valence-corrected chi connectivity index (χ2v) is 8.59. The van der Waals surface area contributed by atoms with Gasteiger partial charge in [-0.15, -0.1) is 0 Å². The molecule has 0 saturated heterocycles. The van der Waals surface area contributed by atoms with E-state index >= 15 is 0 Å². The maximum atomic E-state index is 11.5. The molecule has 0 saturated carbocycles. The van der Waals surface area contributed by atoms with Gasteiger partial charge in [-0.1, -0.05) is 0 Å². The number of carbonyl (C=O) groups is 1. The van der Waals surface area contributed by atoms with E-state index in [1.165, 1.54) is 0 Å². The average molecular weight is 276 g/mol. The summed E-state index contributed by atoms with van der Waals surface area (Å²) in [4.78, 5) is 14.6. The van der Waals surface area contributed by atoms with Gasteiger partial charge in [0, 0.05) is 0 Å². The fourth-order valence-corrected chi connectivity index (χ4v) is 4.83. The van der Waals surface area contributed by atoms with Crippen LogP contribution in [0.15, 0.2) is 0 Å². The summed E-state index contributed by atoms with van der Waals surface area (Å²) in [5.41, 5.74) is 8.86. The van der Waals surface area contributed by atoms with Crippen LogP contribution in [0.2, 0.25) is 0 Å². The van der Waals surface area contributed by atoms with Crippen LogP contribution in [0.1, 0.15) is 6.92 Å². The standard InChI is InChI=1S/C8H17AsN4O2/c1-6-15-8(14)7(11-10)9(12(2)3)13(4)5/h6H2,1-5H3. The number of rotatable bonds is 5. The summed E-state index contributed by atoms with van der Waals surface area (Å²) in [7, 11) is 7.41. The Kier molecular flexibility index (Phi) is 6.44. The van der Waals surface area contributed by atoms with Crippen LogP contribution in [0.25, 0.3) is 5.53 Å². The van der Waals surface area contributed by atoms with Gasteiger partial charge in [0.2, 0.25) is 0 Å². The van der Waals surface area contributed by atoms with Gasteiger partial charge in [-0.3, -0.25) is 0 Å². The van der Waals surface area contributed by atoms with Crippen molar-refractivity contribution in [3.8, 4) is 0 Å². The summed E-state index contributed by atoms with van der Waals surface area (Å²) >= 11 is -1.97. The molecule has 86 valence electrons. The van der Waals surface area contributed by atoms with Gasteiger partial charge in [-0.05, 0) is 0 Å². The first-order valence-electron chi connectivity index (χ1n) is 4.49. The quantitative estimate of drug-likeness (QED) is 0.220. The van der Waals surface area contributed by atoms with Gasteiger partial charge in [0.05, 0.1) is 0 Å². The van der Waals surface area contributed by atoms with Crippen LogP contribution < -0.4 is 0 Å². The zero-order valence-corrected chi connectivity index (χ0v) is 11.6. The normalized spacial score (nSPS) is 10.7. The summed E-state index contributed by atoms with van der Waals surface area (Å²) in [6.45, 7) is 2.00. The summed E-state index contributed by atoms with van der Waals surface area (Å²) in [6, 6.07) is 0. The zero-order chi connectivity index (χ0) is 12.0. The molecule has 0 aliphatic heterocycles. The molecule has 0 fully saturated rings. The second kappa shape index (κ2) is 6.75. The van der Waals surface area contributed by atoms with Gasteiger partial charge in [0.15, 0.2) is 0 Å². The summed E-state index contributed by atoms with van der Waals surface area (Å²) in [5.74, 6) is -0.539. The molecule has 0 unspecified atom stereocenters. The van der Waals surface area contributed by atoms with E-state index in [1.54, 1.807) is 6.92 Å². The molecule has 7 heteroatoms. The number of esters is 1. The van der Waals surface area contributed by atoms with Crippen molar-refractivity contribution in [2.24, 2.45) is 0 Å². The first-order valence-corrected chi connectivity index (χ1v) is 7.11. The molecule has 6 nitrogen and oxygen atoms in total. The Morgan fingerprint density at radius 3 is 2.07 bits per heavy atom. The molecule has 0 aliphatic carbocycles.